The third-order valence-corrected chi connectivity index (χ3v) is 5.42. The molecule has 0 fully saturated rings. The summed E-state index contributed by atoms with van der Waals surface area (Å²) in [4.78, 5) is 3.63. The van der Waals surface area contributed by atoms with Gasteiger partial charge in [-0.1, -0.05) is 40.2 Å². The molecule has 0 saturated carbocycles. The van der Waals surface area contributed by atoms with E-state index in [4.69, 9.17) is 5.11 Å². The van der Waals surface area contributed by atoms with Crippen LogP contribution in [0.4, 0.5) is 0 Å². The van der Waals surface area contributed by atoms with Crippen molar-refractivity contribution in [3.8, 4) is 0 Å². The number of aliphatic hydroxyl groups excluding tert-OH is 1. The van der Waals surface area contributed by atoms with E-state index < -0.39 is 0 Å². The Morgan fingerprint density at radius 3 is 2.71 bits per heavy atom. The number of rotatable bonds is 4. The third kappa shape index (κ3) is 3.02. The van der Waals surface area contributed by atoms with Crippen LogP contribution in [0.5, 0.6) is 0 Å². The van der Waals surface area contributed by atoms with Crippen molar-refractivity contribution in [2.24, 2.45) is 0 Å². The van der Waals surface area contributed by atoms with E-state index in [1.54, 1.807) is 0 Å². The summed E-state index contributed by atoms with van der Waals surface area (Å²) in [5, 5.41) is 14.2. The second kappa shape index (κ2) is 6.71. The van der Waals surface area contributed by atoms with Crippen molar-refractivity contribution >= 4 is 26.8 Å². The monoisotopic (exact) mass is 384 g/mol. The zero-order chi connectivity index (χ0) is 16.5. The van der Waals surface area contributed by atoms with Gasteiger partial charge in [0.1, 0.15) is 0 Å². The topological polar surface area (TPSA) is 48.0 Å². The quantitative estimate of drug-likeness (QED) is 0.615. The van der Waals surface area contributed by atoms with Crippen LogP contribution in [0.3, 0.4) is 0 Å². The van der Waals surface area contributed by atoms with E-state index >= 15 is 0 Å². The summed E-state index contributed by atoms with van der Waals surface area (Å²) in [6, 6.07) is 15.0. The van der Waals surface area contributed by atoms with E-state index in [9.17, 15) is 0 Å². The summed E-state index contributed by atoms with van der Waals surface area (Å²) in [6.07, 6.45) is 3.53. The van der Waals surface area contributed by atoms with Crippen LogP contribution in [-0.4, -0.2) is 10.1 Å². The smallest absolute Gasteiger partial charge is 0.0681 e. The minimum atomic E-state index is 0.102. The molecule has 0 amide bonds. The van der Waals surface area contributed by atoms with Crippen molar-refractivity contribution in [1.29, 1.82) is 0 Å². The van der Waals surface area contributed by atoms with Gasteiger partial charge in [0.25, 0.3) is 0 Å². The van der Waals surface area contributed by atoms with E-state index in [1.807, 2.05) is 12.1 Å². The molecule has 3 N–H and O–H groups in total. The lowest BCUT2D eigenvalue weighted by Gasteiger charge is -2.24. The summed E-state index contributed by atoms with van der Waals surface area (Å²) < 4.78 is 1.14. The molecule has 1 heterocycles. The average Bonchev–Trinajstić information content (AvgIpc) is 2.99. The summed E-state index contributed by atoms with van der Waals surface area (Å²) in [7, 11) is 0. The molecule has 3 aromatic rings. The van der Waals surface area contributed by atoms with Crippen molar-refractivity contribution in [2.75, 3.05) is 0 Å². The van der Waals surface area contributed by atoms with E-state index in [0.29, 0.717) is 6.04 Å². The maximum atomic E-state index is 9.14. The maximum absolute atomic E-state index is 9.14. The normalized spacial score (nSPS) is 17.2. The highest BCUT2D eigenvalue weighted by molar-refractivity contribution is 9.10. The first-order valence-corrected chi connectivity index (χ1v) is 9.26. The van der Waals surface area contributed by atoms with E-state index in [2.05, 4.69) is 56.6 Å². The zero-order valence-corrected chi connectivity index (χ0v) is 15.1. The van der Waals surface area contributed by atoms with Crippen LogP contribution in [0.1, 0.15) is 41.3 Å². The first-order chi connectivity index (χ1) is 11.7. The van der Waals surface area contributed by atoms with Crippen molar-refractivity contribution in [3.63, 3.8) is 0 Å². The van der Waals surface area contributed by atoms with Gasteiger partial charge in [0, 0.05) is 33.7 Å². The molecule has 0 spiro atoms. The van der Waals surface area contributed by atoms with Gasteiger partial charge in [-0.05, 0) is 54.2 Å². The van der Waals surface area contributed by atoms with Crippen LogP contribution in [0, 0.1) is 0 Å². The molecule has 1 aromatic heterocycles. The number of fused-ring (bicyclic) bond motifs is 3. The van der Waals surface area contributed by atoms with Gasteiger partial charge in [0.05, 0.1) is 6.61 Å². The lowest BCUT2D eigenvalue weighted by molar-refractivity contribution is 0.282. The number of aryl methyl sites for hydroxylation is 1. The molecule has 0 saturated heterocycles. The highest BCUT2D eigenvalue weighted by atomic mass is 79.9. The minimum absolute atomic E-state index is 0.102. The van der Waals surface area contributed by atoms with E-state index in [-0.39, 0.29) is 6.61 Å². The number of nitrogens with one attached hydrogen (secondary N) is 2. The summed E-state index contributed by atoms with van der Waals surface area (Å²) in [6.45, 7) is 0.944. The average molecular weight is 385 g/mol. The molecule has 3 nitrogen and oxygen atoms in total. The largest absolute Gasteiger partial charge is 0.392 e. The molecule has 24 heavy (non-hydrogen) atoms. The molecule has 2 aromatic carbocycles. The van der Waals surface area contributed by atoms with Gasteiger partial charge >= 0.3 is 0 Å². The molecule has 124 valence electrons. The van der Waals surface area contributed by atoms with Gasteiger partial charge in [0.2, 0.25) is 0 Å². The van der Waals surface area contributed by atoms with Crippen LogP contribution in [0.25, 0.3) is 10.9 Å². The number of benzene rings is 2. The Bertz CT molecular complexity index is 854. The van der Waals surface area contributed by atoms with Gasteiger partial charge < -0.3 is 15.4 Å². The Kier molecular flexibility index (Phi) is 4.44. The molecule has 1 atom stereocenters. The fourth-order valence-corrected chi connectivity index (χ4v) is 4.00. The Balaban J connectivity index is 1.56. The second-order valence-corrected chi connectivity index (χ2v) is 7.42. The van der Waals surface area contributed by atoms with Gasteiger partial charge in [-0.15, -0.1) is 0 Å². The minimum Gasteiger partial charge on any atom is -0.392 e. The van der Waals surface area contributed by atoms with Crippen LogP contribution >= 0.6 is 15.9 Å². The first kappa shape index (κ1) is 15.9. The highest BCUT2D eigenvalue weighted by Gasteiger charge is 2.23. The van der Waals surface area contributed by atoms with Gasteiger partial charge in [0.15, 0.2) is 0 Å². The Morgan fingerprint density at radius 2 is 1.92 bits per heavy atom. The zero-order valence-electron chi connectivity index (χ0n) is 13.5. The Hall–Kier alpha value is -1.62. The van der Waals surface area contributed by atoms with Crippen LogP contribution in [0.15, 0.2) is 46.9 Å². The first-order valence-electron chi connectivity index (χ1n) is 8.46. The fraction of sp³-hybridized carbons (Fsp3) is 0.300. The van der Waals surface area contributed by atoms with Crippen LogP contribution in [-0.2, 0) is 19.6 Å². The SMILES string of the molecule is OCc1ccc(CNC2CCCc3c2[nH]c2ccc(Br)cc32)cc1. The molecule has 0 bridgehead atoms. The summed E-state index contributed by atoms with van der Waals surface area (Å²) >= 11 is 3.59. The second-order valence-electron chi connectivity index (χ2n) is 6.51. The van der Waals surface area contributed by atoms with Crippen molar-refractivity contribution in [1.82, 2.24) is 10.3 Å². The van der Waals surface area contributed by atoms with Crippen molar-refractivity contribution in [3.05, 3.63) is 69.3 Å². The van der Waals surface area contributed by atoms with Crippen molar-refractivity contribution < 1.29 is 5.11 Å². The number of hydrogen-bond acceptors (Lipinski definition) is 2. The molecule has 0 radical (unpaired) electrons. The van der Waals surface area contributed by atoms with Crippen molar-refractivity contribution in [2.45, 2.75) is 38.5 Å². The molecular weight excluding hydrogens is 364 g/mol. The van der Waals surface area contributed by atoms with E-state index in [1.165, 1.54) is 34.1 Å². The predicted molar refractivity (Wildman–Crippen MR) is 101 cm³/mol. The third-order valence-electron chi connectivity index (χ3n) is 4.93. The predicted octanol–water partition coefficient (Wildman–Crippen LogP) is 4.59. The van der Waals surface area contributed by atoms with Gasteiger partial charge in [-0.3, -0.25) is 0 Å². The summed E-state index contributed by atoms with van der Waals surface area (Å²) in [5.74, 6) is 0. The Morgan fingerprint density at radius 1 is 1.12 bits per heavy atom. The lowest BCUT2D eigenvalue weighted by atomic mass is 9.91. The number of H-pyrrole nitrogens is 1. The molecule has 0 aliphatic heterocycles. The lowest BCUT2D eigenvalue weighted by Crippen LogP contribution is -2.24. The molecule has 1 aliphatic rings. The number of hydrogen-bond donors (Lipinski definition) is 3. The number of halogens is 1. The Labute approximate surface area is 150 Å². The maximum Gasteiger partial charge on any atom is 0.0681 e. The van der Waals surface area contributed by atoms with E-state index in [0.717, 1.165) is 29.4 Å². The molecule has 4 rings (SSSR count). The van der Waals surface area contributed by atoms with Gasteiger partial charge in [-0.25, -0.2) is 0 Å². The molecule has 1 aliphatic carbocycles. The molecule has 4 heteroatoms. The summed E-state index contributed by atoms with van der Waals surface area (Å²) in [5.41, 5.74) is 6.24. The van der Waals surface area contributed by atoms with Gasteiger partial charge in [-0.2, -0.15) is 0 Å². The molecular formula is C20H21BrN2O. The number of aromatic amines is 1. The number of aliphatic hydroxyl groups is 1. The number of aromatic nitrogens is 1. The van der Waals surface area contributed by atoms with Crippen LogP contribution < -0.4 is 5.32 Å². The standard InChI is InChI=1S/C20H21BrN2O/c21-15-8-9-18-17(10-15)16-2-1-3-19(20(16)23-18)22-11-13-4-6-14(12-24)7-5-13/h4-10,19,22-24H,1-3,11-12H2. The fourth-order valence-electron chi connectivity index (χ4n) is 3.64. The van der Waals surface area contributed by atoms with Crippen LogP contribution in [0.2, 0.25) is 0 Å². The highest BCUT2D eigenvalue weighted by Crippen LogP contribution is 2.35. The molecule has 1 unspecified atom stereocenters.